The molecule has 18 heavy (non-hydrogen) atoms. The number of furan rings is 1. The first-order valence-corrected chi connectivity index (χ1v) is 6.85. The zero-order valence-corrected chi connectivity index (χ0v) is 12.0. The molecule has 1 aromatic heterocycles. The second-order valence-electron chi connectivity index (χ2n) is 6.24. The molecule has 1 aliphatic rings. The smallest absolute Gasteiger partial charge is 0.114 e. The topological polar surface area (TPSA) is 48.4 Å². The first-order valence-electron chi connectivity index (χ1n) is 6.85. The van der Waals surface area contributed by atoms with E-state index in [1.807, 2.05) is 0 Å². The lowest BCUT2D eigenvalue weighted by molar-refractivity contribution is 0.0799. The molecule has 1 fully saturated rings. The van der Waals surface area contributed by atoms with Crippen LogP contribution in [0.2, 0.25) is 0 Å². The van der Waals surface area contributed by atoms with E-state index in [0.29, 0.717) is 12.5 Å². The van der Waals surface area contributed by atoms with Crippen molar-refractivity contribution in [2.45, 2.75) is 58.4 Å². The van der Waals surface area contributed by atoms with Crippen LogP contribution in [0.15, 0.2) is 4.42 Å². The van der Waals surface area contributed by atoms with Crippen molar-refractivity contribution in [2.75, 3.05) is 13.2 Å². The van der Waals surface area contributed by atoms with Crippen molar-refractivity contribution in [3.63, 3.8) is 0 Å². The van der Waals surface area contributed by atoms with Gasteiger partial charge in [0.25, 0.3) is 0 Å². The minimum atomic E-state index is 0.0167. The maximum Gasteiger partial charge on any atom is 0.114 e. The second kappa shape index (κ2) is 5.06. The van der Waals surface area contributed by atoms with Gasteiger partial charge >= 0.3 is 0 Å². The standard InChI is InChI=1S/C15H25NO2/c1-10-12(9-16)14(15(2,3)4)18-13(10)11-5-7-17-8-6-11/h11H,5-9,16H2,1-4H3. The molecule has 1 aliphatic heterocycles. The van der Waals surface area contributed by atoms with Gasteiger partial charge in [-0.25, -0.2) is 0 Å². The maximum absolute atomic E-state index is 6.20. The summed E-state index contributed by atoms with van der Waals surface area (Å²) in [5, 5.41) is 0. The molecule has 1 aromatic rings. The molecule has 102 valence electrons. The van der Waals surface area contributed by atoms with Crippen LogP contribution < -0.4 is 5.73 Å². The number of hydrogen-bond donors (Lipinski definition) is 1. The Balaban J connectivity index is 2.39. The molecule has 0 saturated carbocycles. The van der Waals surface area contributed by atoms with Crippen LogP contribution in [0.5, 0.6) is 0 Å². The third-order valence-corrected chi connectivity index (χ3v) is 3.79. The number of nitrogens with two attached hydrogens (primary N) is 1. The molecule has 0 bridgehead atoms. The summed E-state index contributed by atoms with van der Waals surface area (Å²) in [6.07, 6.45) is 2.11. The summed E-state index contributed by atoms with van der Waals surface area (Å²) in [6.45, 7) is 10.9. The Bertz CT molecular complexity index is 409. The molecule has 0 atom stereocenters. The van der Waals surface area contributed by atoms with E-state index in [2.05, 4.69) is 27.7 Å². The number of rotatable bonds is 2. The first kappa shape index (κ1) is 13.6. The van der Waals surface area contributed by atoms with Crippen LogP contribution in [0.25, 0.3) is 0 Å². The van der Waals surface area contributed by atoms with Crippen LogP contribution in [-0.2, 0) is 16.7 Å². The Labute approximate surface area is 110 Å². The fourth-order valence-electron chi connectivity index (χ4n) is 2.77. The fraction of sp³-hybridized carbons (Fsp3) is 0.733. The number of ether oxygens (including phenoxy) is 1. The Hall–Kier alpha value is -0.800. The Morgan fingerprint density at radius 2 is 1.83 bits per heavy atom. The van der Waals surface area contributed by atoms with Gasteiger partial charge in [0.2, 0.25) is 0 Å². The highest BCUT2D eigenvalue weighted by atomic mass is 16.5. The van der Waals surface area contributed by atoms with Gasteiger partial charge in [-0.3, -0.25) is 0 Å². The van der Waals surface area contributed by atoms with Crippen molar-refractivity contribution < 1.29 is 9.15 Å². The van der Waals surface area contributed by atoms with E-state index in [4.69, 9.17) is 14.9 Å². The molecule has 0 spiro atoms. The van der Waals surface area contributed by atoms with E-state index < -0.39 is 0 Å². The molecule has 0 amide bonds. The highest BCUT2D eigenvalue weighted by Crippen LogP contribution is 2.38. The molecule has 0 aliphatic carbocycles. The molecular formula is C15H25NO2. The molecule has 0 aromatic carbocycles. The van der Waals surface area contributed by atoms with Gasteiger partial charge in [0.15, 0.2) is 0 Å². The van der Waals surface area contributed by atoms with Gasteiger partial charge in [-0.05, 0) is 25.3 Å². The third-order valence-electron chi connectivity index (χ3n) is 3.79. The lowest BCUT2D eigenvalue weighted by Crippen LogP contribution is -2.14. The monoisotopic (exact) mass is 251 g/mol. The largest absolute Gasteiger partial charge is 0.465 e. The van der Waals surface area contributed by atoms with Gasteiger partial charge in [0.05, 0.1) is 0 Å². The van der Waals surface area contributed by atoms with Crippen LogP contribution in [0, 0.1) is 6.92 Å². The summed E-state index contributed by atoms with van der Waals surface area (Å²) in [4.78, 5) is 0. The Morgan fingerprint density at radius 1 is 1.22 bits per heavy atom. The molecule has 3 heteroatoms. The minimum absolute atomic E-state index is 0.0167. The lowest BCUT2D eigenvalue weighted by Gasteiger charge is -2.21. The van der Waals surface area contributed by atoms with Crippen LogP contribution in [0.1, 0.15) is 62.2 Å². The van der Waals surface area contributed by atoms with Crippen LogP contribution >= 0.6 is 0 Å². The van der Waals surface area contributed by atoms with Crippen LogP contribution in [0.3, 0.4) is 0 Å². The summed E-state index contributed by atoms with van der Waals surface area (Å²) in [5.41, 5.74) is 8.38. The predicted octanol–water partition coefficient (Wildman–Crippen LogP) is 3.24. The SMILES string of the molecule is Cc1c(C2CCOCC2)oc(C(C)(C)C)c1CN. The molecule has 0 radical (unpaired) electrons. The van der Waals surface area contributed by atoms with E-state index in [-0.39, 0.29) is 5.41 Å². The molecule has 3 nitrogen and oxygen atoms in total. The van der Waals surface area contributed by atoms with Gasteiger partial charge < -0.3 is 14.9 Å². The van der Waals surface area contributed by atoms with Gasteiger partial charge in [0.1, 0.15) is 11.5 Å². The van der Waals surface area contributed by atoms with Crippen molar-refractivity contribution in [2.24, 2.45) is 5.73 Å². The Morgan fingerprint density at radius 3 is 2.28 bits per heavy atom. The summed E-state index contributed by atoms with van der Waals surface area (Å²) >= 11 is 0. The van der Waals surface area contributed by atoms with Crippen LogP contribution in [0.4, 0.5) is 0 Å². The van der Waals surface area contributed by atoms with Gasteiger partial charge in [0, 0.05) is 36.7 Å². The van der Waals surface area contributed by atoms with Crippen molar-refractivity contribution in [3.05, 3.63) is 22.6 Å². The second-order valence-corrected chi connectivity index (χ2v) is 6.24. The summed E-state index contributed by atoms with van der Waals surface area (Å²) < 4.78 is 11.6. The summed E-state index contributed by atoms with van der Waals surface area (Å²) in [7, 11) is 0. The molecule has 1 saturated heterocycles. The van der Waals surface area contributed by atoms with E-state index in [0.717, 1.165) is 37.6 Å². The van der Waals surface area contributed by atoms with E-state index in [1.165, 1.54) is 11.1 Å². The molecule has 2 heterocycles. The molecular weight excluding hydrogens is 226 g/mol. The summed E-state index contributed by atoms with van der Waals surface area (Å²) in [5.74, 6) is 2.70. The zero-order valence-electron chi connectivity index (χ0n) is 12.0. The molecule has 0 unspecified atom stereocenters. The molecule has 2 rings (SSSR count). The first-order chi connectivity index (χ1) is 8.45. The van der Waals surface area contributed by atoms with Crippen LogP contribution in [-0.4, -0.2) is 13.2 Å². The fourth-order valence-corrected chi connectivity index (χ4v) is 2.77. The van der Waals surface area contributed by atoms with E-state index in [1.54, 1.807) is 0 Å². The van der Waals surface area contributed by atoms with Gasteiger partial charge in [-0.2, -0.15) is 0 Å². The highest BCUT2D eigenvalue weighted by molar-refractivity contribution is 5.37. The van der Waals surface area contributed by atoms with Crippen molar-refractivity contribution in [3.8, 4) is 0 Å². The third kappa shape index (κ3) is 2.47. The normalized spacial score (nSPS) is 18.3. The Kier molecular flexibility index (Phi) is 3.83. The average molecular weight is 251 g/mol. The maximum atomic E-state index is 6.20. The molecule has 2 N–H and O–H groups in total. The van der Waals surface area contributed by atoms with Gasteiger partial charge in [-0.1, -0.05) is 20.8 Å². The highest BCUT2D eigenvalue weighted by Gasteiger charge is 2.29. The van der Waals surface area contributed by atoms with Crippen molar-refractivity contribution in [1.82, 2.24) is 0 Å². The number of hydrogen-bond acceptors (Lipinski definition) is 3. The van der Waals surface area contributed by atoms with E-state index in [9.17, 15) is 0 Å². The zero-order chi connectivity index (χ0) is 13.3. The van der Waals surface area contributed by atoms with E-state index >= 15 is 0 Å². The predicted molar refractivity (Wildman–Crippen MR) is 72.8 cm³/mol. The quantitative estimate of drug-likeness (QED) is 0.877. The van der Waals surface area contributed by atoms with Gasteiger partial charge in [-0.15, -0.1) is 0 Å². The minimum Gasteiger partial charge on any atom is -0.465 e. The average Bonchev–Trinajstić information content (AvgIpc) is 2.67. The van der Waals surface area contributed by atoms with Crippen molar-refractivity contribution in [1.29, 1.82) is 0 Å². The lowest BCUT2D eigenvalue weighted by atomic mass is 9.88. The van der Waals surface area contributed by atoms with Crippen molar-refractivity contribution >= 4 is 0 Å². The summed E-state index contributed by atoms with van der Waals surface area (Å²) in [6, 6.07) is 0.